The lowest BCUT2D eigenvalue weighted by Gasteiger charge is -2.25. The molecule has 108 valence electrons. The molecule has 0 bridgehead atoms. The summed E-state index contributed by atoms with van der Waals surface area (Å²) in [7, 11) is 0. The summed E-state index contributed by atoms with van der Waals surface area (Å²) in [4.78, 5) is 12.6. The molecule has 0 heterocycles. The van der Waals surface area contributed by atoms with Crippen molar-refractivity contribution >= 4 is 5.91 Å². The van der Waals surface area contributed by atoms with Gasteiger partial charge in [-0.25, -0.2) is 0 Å². The largest absolute Gasteiger partial charge is 0.352 e. The molecule has 2 heteroatoms. The Hall–Kier alpha value is -1.75. The summed E-state index contributed by atoms with van der Waals surface area (Å²) in [5.41, 5.74) is 1.08. The Kier molecular flexibility index (Phi) is 6.87. The molecular weight excluding hydrogens is 246 g/mol. The van der Waals surface area contributed by atoms with Gasteiger partial charge in [0.15, 0.2) is 0 Å². The summed E-state index contributed by atoms with van der Waals surface area (Å²) in [6.07, 6.45) is 7.77. The van der Waals surface area contributed by atoms with Crippen LogP contribution in [-0.2, 0) is 4.79 Å². The number of benzene rings is 1. The average molecular weight is 271 g/mol. The molecule has 0 radical (unpaired) electrons. The Morgan fingerprint density at radius 1 is 1.25 bits per heavy atom. The normalized spacial score (nSPS) is 14.9. The molecule has 1 amide bonds. The summed E-state index contributed by atoms with van der Waals surface area (Å²) in [6, 6.07) is 10.1. The highest BCUT2D eigenvalue weighted by Gasteiger charge is 2.26. The van der Waals surface area contributed by atoms with Gasteiger partial charge >= 0.3 is 0 Å². The van der Waals surface area contributed by atoms with Crippen molar-refractivity contribution in [1.82, 2.24) is 5.32 Å². The minimum absolute atomic E-state index is 0.0720. The highest BCUT2D eigenvalue weighted by atomic mass is 16.1. The van der Waals surface area contributed by atoms with Gasteiger partial charge in [0.25, 0.3) is 0 Å². The van der Waals surface area contributed by atoms with Gasteiger partial charge < -0.3 is 5.32 Å². The zero-order valence-corrected chi connectivity index (χ0v) is 12.7. The summed E-state index contributed by atoms with van der Waals surface area (Å²) in [6.45, 7) is 6.29. The van der Waals surface area contributed by atoms with Crippen molar-refractivity contribution in [3.05, 3.63) is 35.9 Å². The lowest BCUT2D eigenvalue weighted by atomic mass is 9.84. The average Bonchev–Trinajstić information content (AvgIpc) is 2.47. The van der Waals surface area contributed by atoms with Crippen LogP contribution >= 0.6 is 0 Å². The zero-order chi connectivity index (χ0) is 15.0. The van der Waals surface area contributed by atoms with E-state index in [1.807, 2.05) is 37.3 Å². The first kappa shape index (κ1) is 16.3. The monoisotopic (exact) mass is 271 g/mol. The molecule has 0 aliphatic carbocycles. The first-order valence-electron chi connectivity index (χ1n) is 7.42. The van der Waals surface area contributed by atoms with Crippen LogP contribution in [-0.4, -0.2) is 11.9 Å². The number of terminal acetylenes is 1. The number of hydrogen-bond acceptors (Lipinski definition) is 1. The van der Waals surface area contributed by atoms with Crippen molar-refractivity contribution in [2.24, 2.45) is 5.92 Å². The van der Waals surface area contributed by atoms with Crippen LogP contribution in [0.25, 0.3) is 0 Å². The van der Waals surface area contributed by atoms with Crippen LogP contribution in [0, 0.1) is 18.3 Å². The van der Waals surface area contributed by atoms with Gasteiger partial charge in [-0.1, -0.05) is 57.5 Å². The van der Waals surface area contributed by atoms with Crippen molar-refractivity contribution in [1.29, 1.82) is 0 Å². The maximum Gasteiger partial charge on any atom is 0.228 e. The third kappa shape index (κ3) is 4.42. The van der Waals surface area contributed by atoms with E-state index in [9.17, 15) is 4.79 Å². The second-order valence-corrected chi connectivity index (χ2v) is 5.30. The molecule has 1 aromatic carbocycles. The highest BCUT2D eigenvalue weighted by Crippen LogP contribution is 2.27. The minimum Gasteiger partial charge on any atom is -0.352 e. The van der Waals surface area contributed by atoms with Crippen LogP contribution in [0.3, 0.4) is 0 Å². The number of amides is 1. The predicted molar refractivity (Wildman–Crippen MR) is 84.3 cm³/mol. The zero-order valence-electron chi connectivity index (χ0n) is 12.7. The molecule has 3 atom stereocenters. The smallest absolute Gasteiger partial charge is 0.228 e. The molecule has 0 spiro atoms. The van der Waals surface area contributed by atoms with Gasteiger partial charge in [0.05, 0.1) is 5.92 Å². The van der Waals surface area contributed by atoms with Crippen LogP contribution in [0.2, 0.25) is 0 Å². The van der Waals surface area contributed by atoms with E-state index in [2.05, 4.69) is 25.1 Å². The molecule has 3 unspecified atom stereocenters. The van der Waals surface area contributed by atoms with Crippen LogP contribution in [0.4, 0.5) is 0 Å². The quantitative estimate of drug-likeness (QED) is 0.752. The van der Waals surface area contributed by atoms with Crippen molar-refractivity contribution in [3.63, 3.8) is 0 Å². The molecule has 1 N–H and O–H groups in total. The molecule has 2 nitrogen and oxygen atoms in total. The Balaban J connectivity index is 2.89. The number of rotatable bonds is 7. The fourth-order valence-corrected chi connectivity index (χ4v) is 2.37. The number of hydrogen-bond donors (Lipinski definition) is 1. The number of nitrogens with one attached hydrogen (secondary N) is 1. The maximum atomic E-state index is 12.6. The van der Waals surface area contributed by atoms with E-state index in [0.29, 0.717) is 12.3 Å². The second-order valence-electron chi connectivity index (χ2n) is 5.30. The van der Waals surface area contributed by atoms with Gasteiger partial charge in [-0.3, -0.25) is 4.79 Å². The maximum absolute atomic E-state index is 12.6. The third-order valence-electron chi connectivity index (χ3n) is 3.86. The molecule has 0 aromatic heterocycles. The van der Waals surface area contributed by atoms with E-state index in [1.54, 1.807) is 0 Å². The van der Waals surface area contributed by atoms with Crippen molar-refractivity contribution < 1.29 is 4.79 Å². The molecule has 1 aromatic rings. The lowest BCUT2D eigenvalue weighted by Crippen LogP contribution is -2.39. The lowest BCUT2D eigenvalue weighted by molar-refractivity contribution is -0.124. The molecule has 0 fully saturated rings. The van der Waals surface area contributed by atoms with Crippen molar-refractivity contribution in [2.75, 3.05) is 0 Å². The molecule has 0 saturated heterocycles. The Morgan fingerprint density at radius 2 is 1.90 bits per heavy atom. The van der Waals surface area contributed by atoms with Gasteiger partial charge in [0, 0.05) is 12.5 Å². The number of carbonyl (C=O) groups excluding carboxylic acids is 1. The van der Waals surface area contributed by atoms with Crippen LogP contribution < -0.4 is 5.32 Å². The minimum atomic E-state index is -0.104. The van der Waals surface area contributed by atoms with Gasteiger partial charge in [0.1, 0.15) is 0 Å². The van der Waals surface area contributed by atoms with Crippen molar-refractivity contribution in [2.45, 2.75) is 52.0 Å². The Bertz CT molecular complexity index is 446. The van der Waals surface area contributed by atoms with E-state index in [4.69, 9.17) is 6.42 Å². The Labute approximate surface area is 123 Å². The molecule has 20 heavy (non-hydrogen) atoms. The summed E-state index contributed by atoms with van der Waals surface area (Å²) >= 11 is 0. The summed E-state index contributed by atoms with van der Waals surface area (Å²) in [5.74, 6) is 2.92. The van der Waals surface area contributed by atoms with Crippen LogP contribution in [0.15, 0.2) is 30.3 Å². The van der Waals surface area contributed by atoms with E-state index >= 15 is 0 Å². The SMILES string of the molecule is C#CCC(CC)NC(=O)C(c1ccccc1)C(C)CC. The molecule has 0 saturated carbocycles. The fourth-order valence-electron chi connectivity index (χ4n) is 2.37. The molecule has 0 aliphatic rings. The summed E-state index contributed by atoms with van der Waals surface area (Å²) < 4.78 is 0. The van der Waals surface area contributed by atoms with Crippen molar-refractivity contribution in [3.8, 4) is 12.3 Å². The standard InChI is InChI=1S/C18H25NO/c1-5-11-16(7-3)19-18(20)17(14(4)6-2)15-12-9-8-10-13-15/h1,8-10,12-14,16-17H,6-7,11H2,2-4H3,(H,19,20). The highest BCUT2D eigenvalue weighted by molar-refractivity contribution is 5.84. The molecule has 1 rings (SSSR count). The predicted octanol–water partition coefficient (Wildman–Crippen LogP) is 3.73. The van der Waals surface area contributed by atoms with Crippen LogP contribution in [0.1, 0.15) is 51.5 Å². The molecule has 0 aliphatic heterocycles. The Morgan fingerprint density at radius 3 is 2.40 bits per heavy atom. The van der Waals surface area contributed by atoms with E-state index in [1.165, 1.54) is 0 Å². The van der Waals surface area contributed by atoms with Gasteiger partial charge in [-0.15, -0.1) is 12.3 Å². The fraction of sp³-hybridized carbons (Fsp3) is 0.500. The first-order chi connectivity index (χ1) is 9.63. The third-order valence-corrected chi connectivity index (χ3v) is 3.86. The van der Waals surface area contributed by atoms with Crippen LogP contribution in [0.5, 0.6) is 0 Å². The van der Waals surface area contributed by atoms with Gasteiger partial charge in [0.2, 0.25) is 5.91 Å². The van der Waals surface area contributed by atoms with Gasteiger partial charge in [-0.05, 0) is 17.9 Å². The number of carbonyl (C=O) groups is 1. The molecular formula is C18H25NO. The first-order valence-corrected chi connectivity index (χ1v) is 7.42. The van der Waals surface area contributed by atoms with E-state index < -0.39 is 0 Å². The second kappa shape index (κ2) is 8.43. The van der Waals surface area contributed by atoms with E-state index in [-0.39, 0.29) is 17.9 Å². The summed E-state index contributed by atoms with van der Waals surface area (Å²) in [5, 5.41) is 3.10. The topological polar surface area (TPSA) is 29.1 Å². The van der Waals surface area contributed by atoms with Gasteiger partial charge in [-0.2, -0.15) is 0 Å². The van der Waals surface area contributed by atoms with E-state index in [0.717, 1.165) is 18.4 Å².